The van der Waals surface area contributed by atoms with Crippen molar-refractivity contribution < 1.29 is 20.4 Å². The zero-order valence-electron chi connectivity index (χ0n) is 22.7. The van der Waals surface area contributed by atoms with E-state index < -0.39 is 0 Å². The lowest BCUT2D eigenvalue weighted by atomic mass is 10.1. The summed E-state index contributed by atoms with van der Waals surface area (Å²) < 4.78 is 0. The summed E-state index contributed by atoms with van der Waals surface area (Å²) in [6.07, 6.45) is 14.2. The van der Waals surface area contributed by atoms with E-state index in [1.807, 2.05) is 0 Å². The Balaban J connectivity index is 0.000000345. The fourth-order valence-electron chi connectivity index (χ4n) is 3.44. The van der Waals surface area contributed by atoms with Gasteiger partial charge in [0.05, 0.1) is 0 Å². The highest BCUT2D eigenvalue weighted by Crippen LogP contribution is 2.15. The first-order valence-corrected chi connectivity index (χ1v) is 13.6. The Bertz CT molecular complexity index is 851. The number of hydrogen-bond acceptors (Lipinski definition) is 7. The van der Waals surface area contributed by atoms with Gasteiger partial charge in [-0.05, 0) is 43.5 Å². The van der Waals surface area contributed by atoms with Crippen LogP contribution in [0, 0.1) is 0 Å². The minimum absolute atomic E-state index is 0.0880. The summed E-state index contributed by atoms with van der Waals surface area (Å²) in [4.78, 5) is 14.0. The molecule has 204 valence electrons. The van der Waals surface area contributed by atoms with Crippen LogP contribution in [-0.2, 0) is 19.3 Å². The Hall–Kier alpha value is -3.35. The van der Waals surface area contributed by atoms with Gasteiger partial charge in [-0.1, -0.05) is 71.4 Å². The maximum atomic E-state index is 8.65. The minimum Gasteiger partial charge on any atom is -0.508 e. The number of phenolic OH excluding ortho intramolecular Hbond substituents is 4. The van der Waals surface area contributed by atoms with Gasteiger partial charge in [0, 0.05) is 31.4 Å². The van der Waals surface area contributed by atoms with Crippen LogP contribution < -0.4 is 0 Å². The molecule has 37 heavy (non-hydrogen) atoms. The minimum atomic E-state index is 0.0880. The van der Waals surface area contributed by atoms with Gasteiger partial charge in [-0.2, -0.15) is 0 Å². The highest BCUT2D eigenvalue weighted by Gasteiger charge is 2.07. The summed E-state index contributed by atoms with van der Waals surface area (Å²) in [6.45, 7) is 6.71. The monoisotopic (exact) mass is 511 g/mol. The van der Waals surface area contributed by atoms with Crippen molar-refractivity contribution in [1.29, 1.82) is 0 Å². The van der Waals surface area contributed by atoms with Gasteiger partial charge in [0.1, 0.15) is 40.5 Å². The molecule has 0 bridgehead atoms. The van der Waals surface area contributed by atoms with Crippen molar-refractivity contribution in [1.82, 2.24) is 15.0 Å². The number of benzene rings is 2. The summed E-state index contributed by atoms with van der Waals surface area (Å²) in [5.41, 5.74) is 0. The van der Waals surface area contributed by atoms with Crippen LogP contribution in [0.25, 0.3) is 0 Å². The number of aromatic nitrogens is 3. The van der Waals surface area contributed by atoms with Gasteiger partial charge in [-0.15, -0.1) is 0 Å². The first kappa shape index (κ1) is 31.7. The fraction of sp³-hybridized carbons (Fsp3) is 0.500. The third-order valence-electron chi connectivity index (χ3n) is 5.45. The second-order valence-corrected chi connectivity index (χ2v) is 9.00. The maximum Gasteiger partial charge on any atom is 0.132 e. The van der Waals surface area contributed by atoms with E-state index in [1.165, 1.54) is 94.2 Å². The third kappa shape index (κ3) is 16.1. The first-order chi connectivity index (χ1) is 17.9. The number of aryl methyl sites for hydroxylation is 3. The second-order valence-electron chi connectivity index (χ2n) is 9.00. The molecule has 2 aromatic carbocycles. The van der Waals surface area contributed by atoms with E-state index in [2.05, 4.69) is 35.7 Å². The van der Waals surface area contributed by atoms with Crippen molar-refractivity contribution in [3.05, 3.63) is 66.0 Å². The van der Waals surface area contributed by atoms with Gasteiger partial charge in [0.15, 0.2) is 0 Å². The maximum absolute atomic E-state index is 8.65. The van der Waals surface area contributed by atoms with Crippen LogP contribution in [0.4, 0.5) is 0 Å². The third-order valence-corrected chi connectivity index (χ3v) is 5.45. The Morgan fingerprint density at radius 2 is 0.730 bits per heavy atom. The topological polar surface area (TPSA) is 120 Å². The number of aromatic hydroxyl groups is 4. The quantitative estimate of drug-likeness (QED) is 0.189. The zero-order valence-corrected chi connectivity index (χ0v) is 22.7. The number of phenols is 4. The molecule has 0 aliphatic carbocycles. The predicted octanol–water partition coefficient (Wildman–Crippen LogP) is 7.27. The van der Waals surface area contributed by atoms with E-state index in [0.29, 0.717) is 0 Å². The first-order valence-electron chi connectivity index (χ1n) is 13.6. The van der Waals surface area contributed by atoms with Gasteiger partial charge in [-0.3, -0.25) is 0 Å². The normalized spacial score (nSPS) is 10.1. The van der Waals surface area contributed by atoms with Gasteiger partial charge >= 0.3 is 0 Å². The molecular formula is C30H45N3O4. The molecule has 7 nitrogen and oxygen atoms in total. The van der Waals surface area contributed by atoms with Crippen molar-refractivity contribution in [3.63, 3.8) is 0 Å². The molecular weight excluding hydrogens is 466 g/mol. The van der Waals surface area contributed by atoms with E-state index in [9.17, 15) is 0 Å². The zero-order chi connectivity index (χ0) is 27.3. The van der Waals surface area contributed by atoms with Crippen molar-refractivity contribution in [2.45, 2.75) is 97.8 Å². The van der Waals surface area contributed by atoms with Crippen molar-refractivity contribution in [2.75, 3.05) is 0 Å². The highest BCUT2D eigenvalue weighted by molar-refractivity contribution is 5.30. The van der Waals surface area contributed by atoms with Gasteiger partial charge in [0.25, 0.3) is 0 Å². The number of unbranched alkanes of at least 4 members (excludes halogenated alkanes) is 6. The SMILES string of the molecule is CCCCCc1nc(CCCCC)nc(CCCCC)n1.Oc1cccc(O)c1.Oc1cccc(O)c1. The standard InChI is InChI=1S/C18H33N3.2C6H6O2/c1-4-7-10-13-16-19-17(14-11-8-5-2)21-18(20-16)15-12-9-6-3;2*7-5-2-1-3-6(8)4-5/h4-15H2,1-3H3;2*1-4,7-8H. The highest BCUT2D eigenvalue weighted by atomic mass is 16.3. The molecule has 1 aromatic heterocycles. The lowest BCUT2D eigenvalue weighted by Crippen LogP contribution is -2.08. The van der Waals surface area contributed by atoms with Crippen LogP contribution in [0.1, 0.15) is 96.0 Å². The van der Waals surface area contributed by atoms with Crippen molar-refractivity contribution in [3.8, 4) is 23.0 Å². The Labute approximate surface area is 222 Å². The van der Waals surface area contributed by atoms with Crippen LogP contribution in [0.2, 0.25) is 0 Å². The molecule has 0 aliphatic heterocycles. The molecule has 0 fully saturated rings. The molecule has 0 spiro atoms. The molecule has 0 aliphatic rings. The molecule has 0 unspecified atom stereocenters. The predicted molar refractivity (Wildman–Crippen MR) is 149 cm³/mol. The molecule has 0 saturated carbocycles. The average Bonchev–Trinajstić information content (AvgIpc) is 2.85. The molecule has 3 rings (SSSR count). The molecule has 3 aromatic rings. The molecule has 1 heterocycles. The smallest absolute Gasteiger partial charge is 0.132 e. The number of nitrogens with zero attached hydrogens (tertiary/aromatic N) is 3. The molecule has 0 atom stereocenters. The van der Waals surface area contributed by atoms with Crippen LogP contribution in [0.15, 0.2) is 48.5 Å². The summed E-state index contributed by atoms with van der Waals surface area (Å²) in [5, 5.41) is 34.6. The van der Waals surface area contributed by atoms with Crippen molar-refractivity contribution in [2.24, 2.45) is 0 Å². The van der Waals surface area contributed by atoms with E-state index in [1.54, 1.807) is 12.1 Å². The van der Waals surface area contributed by atoms with E-state index >= 15 is 0 Å². The summed E-state index contributed by atoms with van der Waals surface area (Å²) in [7, 11) is 0. The van der Waals surface area contributed by atoms with Crippen molar-refractivity contribution >= 4 is 0 Å². The fourth-order valence-corrected chi connectivity index (χ4v) is 3.44. The Kier molecular flexibility index (Phi) is 16.9. The lowest BCUT2D eigenvalue weighted by molar-refractivity contribution is 0.449. The Morgan fingerprint density at radius 1 is 0.459 bits per heavy atom. The Morgan fingerprint density at radius 3 is 0.919 bits per heavy atom. The largest absolute Gasteiger partial charge is 0.508 e. The van der Waals surface area contributed by atoms with Crippen LogP contribution in [0.3, 0.4) is 0 Å². The van der Waals surface area contributed by atoms with Crippen LogP contribution in [-0.4, -0.2) is 35.4 Å². The molecule has 4 N–H and O–H groups in total. The van der Waals surface area contributed by atoms with E-state index in [4.69, 9.17) is 20.4 Å². The lowest BCUT2D eigenvalue weighted by Gasteiger charge is -2.07. The number of hydrogen-bond donors (Lipinski definition) is 4. The average molecular weight is 512 g/mol. The summed E-state index contributed by atoms with van der Waals surface area (Å²) in [6, 6.07) is 11.7. The van der Waals surface area contributed by atoms with Crippen LogP contribution in [0.5, 0.6) is 23.0 Å². The van der Waals surface area contributed by atoms with Crippen LogP contribution >= 0.6 is 0 Å². The van der Waals surface area contributed by atoms with E-state index in [-0.39, 0.29) is 23.0 Å². The number of rotatable bonds is 12. The van der Waals surface area contributed by atoms with E-state index in [0.717, 1.165) is 36.7 Å². The molecule has 0 saturated heterocycles. The van der Waals surface area contributed by atoms with Gasteiger partial charge in [-0.25, -0.2) is 15.0 Å². The second kappa shape index (κ2) is 19.8. The molecule has 0 amide bonds. The summed E-state index contributed by atoms with van der Waals surface area (Å²) >= 11 is 0. The van der Waals surface area contributed by atoms with Gasteiger partial charge < -0.3 is 20.4 Å². The molecule has 7 heteroatoms. The molecule has 0 radical (unpaired) electrons. The summed E-state index contributed by atoms with van der Waals surface area (Å²) in [5.74, 6) is 3.43. The van der Waals surface area contributed by atoms with Gasteiger partial charge in [0.2, 0.25) is 0 Å².